The fraction of sp³-hybridized carbons (Fsp3) is 0.628. The predicted molar refractivity (Wildman–Crippen MR) is 249 cm³/mol. The zero-order valence-corrected chi connectivity index (χ0v) is 40.0. The number of amides is 8. The van der Waals surface area contributed by atoms with E-state index in [-0.39, 0.29) is 37.5 Å². The zero-order valence-electron chi connectivity index (χ0n) is 38.3. The molecule has 1 aromatic carbocycles. The summed E-state index contributed by atoms with van der Waals surface area (Å²) in [6, 6.07) is -0.792. The van der Waals surface area contributed by atoms with Crippen LogP contribution in [0.25, 0.3) is 0 Å². The first-order valence-corrected chi connectivity index (χ1v) is 23.9. The lowest BCUT2D eigenvalue weighted by Gasteiger charge is -2.30. The Morgan fingerprint density at radius 3 is 1.95 bits per heavy atom. The number of rotatable bonds is 28. The number of hydrogen-bond donors (Lipinski definition) is 11. The molecule has 0 radical (unpaired) electrons. The van der Waals surface area contributed by atoms with Crippen molar-refractivity contribution >= 4 is 83.6 Å². The number of aliphatic carboxylic acids is 2. The second-order valence-electron chi connectivity index (χ2n) is 16.5. The Kier molecular flexibility index (Phi) is 24.6. The van der Waals surface area contributed by atoms with Crippen molar-refractivity contribution < 1.29 is 58.2 Å². The predicted octanol–water partition coefficient (Wildman–Crippen LogP) is -1.07. The number of carboxylic acids is 2. The van der Waals surface area contributed by atoms with Gasteiger partial charge in [-0.25, -0.2) is 0 Å². The van der Waals surface area contributed by atoms with E-state index in [2.05, 4.69) is 49.8 Å². The fourth-order valence-corrected chi connectivity index (χ4v) is 7.58. The SMILES string of the molecule is CC[C@H](C)[C@H](N)C(=O)N[C@H](C(=O)N[C@@H](Cc1ccccc1)C(=O)N[C@@H](C)C(=O)N[C@@H](CCC(=O)O)C(=O)N[C@@H](CCSC)C(=O)N1CCC[C@H]1C(=O)N[C@@H](CS)C(=O)NCC(=O)O)C(C)C. The smallest absolute Gasteiger partial charge is 0.322 e. The van der Waals surface area contributed by atoms with Crippen LogP contribution in [0.15, 0.2) is 30.3 Å². The third-order valence-electron chi connectivity index (χ3n) is 11.0. The molecular weight excluding hydrogens is 899 g/mol. The first-order valence-electron chi connectivity index (χ1n) is 21.9. The number of nitrogens with two attached hydrogens (primary N) is 1. The van der Waals surface area contributed by atoms with Gasteiger partial charge in [0.15, 0.2) is 0 Å². The van der Waals surface area contributed by atoms with Crippen molar-refractivity contribution in [2.75, 3.05) is 30.9 Å². The molecular formula is C43H67N9O12S2. The molecule has 0 unspecified atom stereocenters. The Morgan fingerprint density at radius 2 is 1.38 bits per heavy atom. The summed E-state index contributed by atoms with van der Waals surface area (Å²) < 4.78 is 0. The molecule has 0 aromatic heterocycles. The van der Waals surface area contributed by atoms with Crippen molar-refractivity contribution in [1.82, 2.24) is 42.1 Å². The Hall–Kier alpha value is -5.42. The van der Waals surface area contributed by atoms with Gasteiger partial charge in [0.2, 0.25) is 47.3 Å². The normalized spacial score (nSPS) is 17.0. The number of nitrogens with zero attached hydrogens (tertiary/aromatic N) is 1. The molecule has 1 aliphatic rings. The first-order chi connectivity index (χ1) is 31.1. The van der Waals surface area contributed by atoms with E-state index < -0.39 is 133 Å². The molecule has 8 amide bonds. The van der Waals surface area contributed by atoms with Gasteiger partial charge in [-0.3, -0.25) is 47.9 Å². The summed E-state index contributed by atoms with van der Waals surface area (Å²) >= 11 is 5.46. The van der Waals surface area contributed by atoms with E-state index in [1.807, 2.05) is 13.8 Å². The molecule has 1 heterocycles. The Morgan fingerprint density at radius 1 is 0.758 bits per heavy atom. The molecule has 66 heavy (non-hydrogen) atoms. The van der Waals surface area contributed by atoms with Crippen molar-refractivity contribution in [3.63, 3.8) is 0 Å². The van der Waals surface area contributed by atoms with Crippen LogP contribution >= 0.6 is 24.4 Å². The topological polar surface area (TPSA) is 325 Å². The molecule has 368 valence electrons. The van der Waals surface area contributed by atoms with Gasteiger partial charge in [0, 0.05) is 25.1 Å². The van der Waals surface area contributed by atoms with Crippen LogP contribution in [0, 0.1) is 11.8 Å². The molecule has 1 aliphatic heterocycles. The monoisotopic (exact) mass is 965 g/mol. The van der Waals surface area contributed by atoms with Crippen molar-refractivity contribution in [3.8, 4) is 0 Å². The Balaban J connectivity index is 2.29. The Labute approximate surface area is 394 Å². The molecule has 1 aromatic rings. The average molecular weight is 966 g/mol. The summed E-state index contributed by atoms with van der Waals surface area (Å²) in [4.78, 5) is 132. The van der Waals surface area contributed by atoms with Crippen LogP contribution in [0.5, 0.6) is 0 Å². The van der Waals surface area contributed by atoms with Gasteiger partial charge in [-0.2, -0.15) is 24.4 Å². The minimum absolute atomic E-state index is 0.00949. The highest BCUT2D eigenvalue weighted by Crippen LogP contribution is 2.21. The quantitative estimate of drug-likeness (QED) is 0.0446. The number of hydrogen-bond acceptors (Lipinski definition) is 13. The van der Waals surface area contributed by atoms with Crippen molar-refractivity contribution in [2.24, 2.45) is 17.6 Å². The van der Waals surface area contributed by atoms with Gasteiger partial charge >= 0.3 is 11.9 Å². The summed E-state index contributed by atoms with van der Waals surface area (Å²) in [5.41, 5.74) is 6.79. The second-order valence-corrected chi connectivity index (χ2v) is 17.9. The number of nitrogens with one attached hydrogen (secondary N) is 7. The highest BCUT2D eigenvalue weighted by molar-refractivity contribution is 7.98. The van der Waals surface area contributed by atoms with Gasteiger partial charge in [-0.1, -0.05) is 64.4 Å². The number of thiol groups is 1. The number of benzene rings is 1. The van der Waals surface area contributed by atoms with E-state index in [1.165, 1.54) is 23.6 Å². The number of carbonyl (C=O) groups excluding carboxylic acids is 8. The van der Waals surface area contributed by atoms with Crippen LogP contribution in [0.4, 0.5) is 0 Å². The van der Waals surface area contributed by atoms with E-state index >= 15 is 0 Å². The summed E-state index contributed by atoms with van der Waals surface area (Å²) in [5, 5.41) is 36.2. The molecule has 23 heteroatoms. The van der Waals surface area contributed by atoms with Crippen LogP contribution in [-0.2, 0) is 54.4 Å². The molecule has 1 fully saturated rings. The number of thioether (sulfide) groups is 1. The minimum Gasteiger partial charge on any atom is -0.481 e. The van der Waals surface area contributed by atoms with Gasteiger partial charge < -0.3 is 58.1 Å². The van der Waals surface area contributed by atoms with E-state index in [0.29, 0.717) is 24.2 Å². The first kappa shape index (κ1) is 56.7. The highest BCUT2D eigenvalue weighted by Gasteiger charge is 2.40. The van der Waals surface area contributed by atoms with Crippen LogP contribution in [-0.4, -0.2) is 153 Å². The number of likely N-dealkylation sites (tertiary alicyclic amines) is 1. The molecule has 0 spiro atoms. The Bertz CT molecular complexity index is 1860. The minimum atomic E-state index is -1.51. The fourth-order valence-electron chi connectivity index (χ4n) is 6.85. The third kappa shape index (κ3) is 18.5. The molecule has 9 atom stereocenters. The molecule has 0 aliphatic carbocycles. The molecule has 0 bridgehead atoms. The summed E-state index contributed by atoms with van der Waals surface area (Å²) in [7, 11) is 0. The van der Waals surface area contributed by atoms with Gasteiger partial charge in [-0.05, 0) is 62.0 Å². The lowest BCUT2D eigenvalue weighted by Crippen LogP contribution is -2.60. The highest BCUT2D eigenvalue weighted by atomic mass is 32.2. The van der Waals surface area contributed by atoms with Crippen molar-refractivity contribution in [2.45, 2.75) is 128 Å². The van der Waals surface area contributed by atoms with Gasteiger partial charge in [0.25, 0.3) is 0 Å². The molecule has 11 N–H and O–H groups in total. The van der Waals surface area contributed by atoms with Gasteiger partial charge in [0.05, 0.1) is 6.04 Å². The largest absolute Gasteiger partial charge is 0.481 e. The standard InChI is InChI=1S/C43H67N9O12S2/c1-7-24(4)34(44)41(62)51-35(23(2)3)42(63)49-29(20-26-12-9-8-10-13-26)39(60)46-25(5)36(57)47-27(15-16-32(53)54)38(59)48-28(17-19-66-6)43(64)52-18-11-14-31(52)40(61)50-30(22-65)37(58)45-21-33(55)56/h8-10,12-13,23-25,27-31,34-35,65H,7,11,14-22,44H2,1-6H3,(H,45,58)(H,46,60)(H,47,57)(H,48,59)(H,49,63)(H,50,61)(H,51,62)(H,53,54)(H,55,56)/t24-,25-,27-,28-,29-,30-,31-,34-,35-/m0/s1. The van der Waals surface area contributed by atoms with Crippen LogP contribution < -0.4 is 43.0 Å². The van der Waals surface area contributed by atoms with Crippen LogP contribution in [0.1, 0.15) is 78.7 Å². The molecule has 1 saturated heterocycles. The van der Waals surface area contributed by atoms with E-state index in [4.69, 9.17) is 10.8 Å². The lowest BCUT2D eigenvalue weighted by atomic mass is 9.97. The summed E-state index contributed by atoms with van der Waals surface area (Å²) in [5.74, 6) is -8.83. The molecule has 2 rings (SSSR count). The maximum atomic E-state index is 14.1. The summed E-state index contributed by atoms with van der Waals surface area (Å²) in [6.45, 7) is 7.90. The van der Waals surface area contributed by atoms with Crippen LogP contribution in [0.3, 0.4) is 0 Å². The van der Waals surface area contributed by atoms with Gasteiger partial charge in [0.1, 0.15) is 48.8 Å². The van der Waals surface area contributed by atoms with Crippen molar-refractivity contribution in [1.29, 1.82) is 0 Å². The van der Waals surface area contributed by atoms with Crippen molar-refractivity contribution in [3.05, 3.63) is 35.9 Å². The van der Waals surface area contributed by atoms with Gasteiger partial charge in [-0.15, -0.1) is 0 Å². The zero-order chi connectivity index (χ0) is 49.7. The third-order valence-corrected chi connectivity index (χ3v) is 12.1. The number of carbonyl (C=O) groups is 10. The second kappa shape index (κ2) is 28.6. The van der Waals surface area contributed by atoms with E-state index in [9.17, 15) is 53.1 Å². The maximum Gasteiger partial charge on any atom is 0.322 e. The maximum absolute atomic E-state index is 14.1. The average Bonchev–Trinajstić information content (AvgIpc) is 3.78. The lowest BCUT2D eigenvalue weighted by molar-refractivity contribution is -0.143. The van der Waals surface area contributed by atoms with E-state index in [1.54, 1.807) is 50.4 Å². The summed E-state index contributed by atoms with van der Waals surface area (Å²) in [6.07, 6.45) is 2.13. The van der Waals surface area contributed by atoms with Crippen LogP contribution in [0.2, 0.25) is 0 Å². The van der Waals surface area contributed by atoms with E-state index in [0.717, 1.165) is 0 Å². The molecule has 21 nitrogen and oxygen atoms in total. The number of carboxylic acid groups (broad SMARTS) is 2. The molecule has 0 saturated carbocycles.